The molecule has 0 radical (unpaired) electrons. The van der Waals surface area contributed by atoms with Crippen LogP contribution < -0.4 is 0 Å². The molecule has 0 amide bonds. The average molecular weight is 238 g/mol. The summed E-state index contributed by atoms with van der Waals surface area (Å²) in [5.41, 5.74) is 3.45. The van der Waals surface area contributed by atoms with Crippen molar-refractivity contribution in [1.82, 2.24) is 19.9 Å². The van der Waals surface area contributed by atoms with Gasteiger partial charge in [-0.25, -0.2) is 9.97 Å². The Bertz CT molecular complexity index is 635. The maximum absolute atomic E-state index is 4.63. The van der Waals surface area contributed by atoms with Crippen molar-refractivity contribution in [2.75, 3.05) is 0 Å². The highest BCUT2D eigenvalue weighted by molar-refractivity contribution is 5.74. The highest BCUT2D eigenvalue weighted by atomic mass is 14.9. The Balaban J connectivity index is 1.53. The van der Waals surface area contributed by atoms with E-state index in [1.54, 1.807) is 6.33 Å². The number of nitrogens with one attached hydrogen (secondary N) is 2. The van der Waals surface area contributed by atoms with Crippen molar-refractivity contribution in [2.45, 2.75) is 18.8 Å². The second-order valence-corrected chi connectivity index (χ2v) is 5.01. The molecule has 4 nitrogen and oxygen atoms in total. The zero-order chi connectivity index (χ0) is 11.9. The SMILES string of the molecule is c1ccc2[nH]c(C[C@@H]3C[C@H]3c3cnc[nH]3)nc2c1. The molecule has 0 aliphatic heterocycles. The molecule has 2 atom stereocenters. The molecular weight excluding hydrogens is 224 g/mol. The third kappa shape index (κ3) is 1.61. The van der Waals surface area contributed by atoms with Gasteiger partial charge < -0.3 is 9.97 Å². The summed E-state index contributed by atoms with van der Waals surface area (Å²) in [7, 11) is 0. The predicted molar refractivity (Wildman–Crippen MR) is 69.2 cm³/mol. The fraction of sp³-hybridized carbons (Fsp3) is 0.286. The van der Waals surface area contributed by atoms with E-state index in [1.807, 2.05) is 18.3 Å². The quantitative estimate of drug-likeness (QED) is 0.737. The van der Waals surface area contributed by atoms with Crippen molar-refractivity contribution < 1.29 is 0 Å². The second-order valence-electron chi connectivity index (χ2n) is 5.01. The van der Waals surface area contributed by atoms with Gasteiger partial charge in [0.15, 0.2) is 0 Å². The molecule has 0 unspecified atom stereocenters. The largest absolute Gasteiger partial charge is 0.348 e. The average Bonchev–Trinajstić information content (AvgIpc) is 2.83. The zero-order valence-electron chi connectivity index (χ0n) is 9.93. The minimum absolute atomic E-state index is 0.640. The van der Waals surface area contributed by atoms with E-state index in [0.29, 0.717) is 11.8 Å². The molecule has 3 aromatic rings. The summed E-state index contributed by atoms with van der Waals surface area (Å²) in [6.45, 7) is 0. The molecule has 2 aromatic heterocycles. The lowest BCUT2D eigenvalue weighted by atomic mass is 10.2. The summed E-state index contributed by atoms with van der Waals surface area (Å²) in [4.78, 5) is 15.3. The number of aromatic amines is 2. The molecular formula is C14H14N4. The normalized spacial score (nSPS) is 22.4. The van der Waals surface area contributed by atoms with Gasteiger partial charge in [0.25, 0.3) is 0 Å². The Morgan fingerprint density at radius 2 is 2.22 bits per heavy atom. The highest BCUT2D eigenvalue weighted by Gasteiger charge is 2.39. The number of nitrogens with zero attached hydrogens (tertiary/aromatic N) is 2. The minimum Gasteiger partial charge on any atom is -0.348 e. The van der Waals surface area contributed by atoms with Gasteiger partial charge >= 0.3 is 0 Å². The molecule has 2 heterocycles. The van der Waals surface area contributed by atoms with E-state index in [1.165, 1.54) is 12.1 Å². The highest BCUT2D eigenvalue weighted by Crippen LogP contribution is 2.48. The number of H-pyrrole nitrogens is 2. The molecule has 1 fully saturated rings. The molecule has 18 heavy (non-hydrogen) atoms. The van der Waals surface area contributed by atoms with Gasteiger partial charge in [-0.15, -0.1) is 0 Å². The van der Waals surface area contributed by atoms with Crippen molar-refractivity contribution in [3.8, 4) is 0 Å². The minimum atomic E-state index is 0.640. The number of rotatable bonds is 3. The van der Waals surface area contributed by atoms with Crippen LogP contribution in [0, 0.1) is 5.92 Å². The van der Waals surface area contributed by atoms with Crippen LogP contribution in [-0.4, -0.2) is 19.9 Å². The zero-order valence-corrected chi connectivity index (χ0v) is 9.93. The molecule has 90 valence electrons. The molecule has 1 aliphatic rings. The predicted octanol–water partition coefficient (Wildman–Crippen LogP) is 2.63. The molecule has 4 rings (SSSR count). The number of hydrogen-bond acceptors (Lipinski definition) is 2. The Morgan fingerprint density at radius 1 is 1.28 bits per heavy atom. The maximum Gasteiger partial charge on any atom is 0.107 e. The number of aromatic nitrogens is 4. The third-order valence-electron chi connectivity index (χ3n) is 3.74. The van der Waals surface area contributed by atoms with E-state index in [0.717, 1.165) is 23.3 Å². The first-order valence-corrected chi connectivity index (χ1v) is 6.32. The summed E-state index contributed by atoms with van der Waals surface area (Å²) >= 11 is 0. The third-order valence-corrected chi connectivity index (χ3v) is 3.74. The van der Waals surface area contributed by atoms with Gasteiger partial charge in [0, 0.05) is 24.2 Å². The second kappa shape index (κ2) is 3.70. The van der Waals surface area contributed by atoms with Gasteiger partial charge in [0.2, 0.25) is 0 Å². The number of fused-ring (bicyclic) bond motifs is 1. The fourth-order valence-corrected chi connectivity index (χ4v) is 2.67. The summed E-state index contributed by atoms with van der Waals surface area (Å²) < 4.78 is 0. The van der Waals surface area contributed by atoms with Crippen LogP contribution in [0.3, 0.4) is 0 Å². The molecule has 2 N–H and O–H groups in total. The van der Waals surface area contributed by atoms with E-state index in [2.05, 4.69) is 32.1 Å². The van der Waals surface area contributed by atoms with Crippen molar-refractivity contribution in [3.05, 3.63) is 48.3 Å². The lowest BCUT2D eigenvalue weighted by molar-refractivity contribution is 0.752. The van der Waals surface area contributed by atoms with Crippen molar-refractivity contribution in [1.29, 1.82) is 0 Å². The van der Waals surface area contributed by atoms with E-state index >= 15 is 0 Å². The van der Waals surface area contributed by atoms with Gasteiger partial charge in [0.05, 0.1) is 17.4 Å². The van der Waals surface area contributed by atoms with E-state index in [9.17, 15) is 0 Å². The van der Waals surface area contributed by atoms with Gasteiger partial charge in [-0.3, -0.25) is 0 Å². The van der Waals surface area contributed by atoms with Gasteiger partial charge in [0.1, 0.15) is 5.82 Å². The molecule has 4 heteroatoms. The van der Waals surface area contributed by atoms with Crippen LogP contribution in [0.5, 0.6) is 0 Å². The number of imidazole rings is 2. The Morgan fingerprint density at radius 3 is 3.06 bits per heavy atom. The van der Waals surface area contributed by atoms with E-state index in [-0.39, 0.29) is 0 Å². The van der Waals surface area contributed by atoms with Crippen molar-refractivity contribution >= 4 is 11.0 Å². The Labute approximate surface area is 104 Å². The van der Waals surface area contributed by atoms with E-state index in [4.69, 9.17) is 0 Å². The number of para-hydroxylation sites is 2. The lowest BCUT2D eigenvalue weighted by Crippen LogP contribution is -1.92. The van der Waals surface area contributed by atoms with Crippen LogP contribution in [0.25, 0.3) is 11.0 Å². The fourth-order valence-electron chi connectivity index (χ4n) is 2.67. The van der Waals surface area contributed by atoms with Crippen LogP contribution in [0.4, 0.5) is 0 Å². The van der Waals surface area contributed by atoms with Crippen LogP contribution >= 0.6 is 0 Å². The summed E-state index contributed by atoms with van der Waals surface area (Å²) in [5.74, 6) is 2.44. The molecule has 0 spiro atoms. The first-order valence-electron chi connectivity index (χ1n) is 6.32. The maximum atomic E-state index is 4.63. The monoisotopic (exact) mass is 238 g/mol. The first-order chi connectivity index (χ1) is 8.90. The molecule has 1 aromatic carbocycles. The van der Waals surface area contributed by atoms with Gasteiger partial charge in [-0.1, -0.05) is 12.1 Å². The van der Waals surface area contributed by atoms with Crippen molar-refractivity contribution in [3.63, 3.8) is 0 Å². The molecule has 1 saturated carbocycles. The Kier molecular flexibility index (Phi) is 2.03. The standard InChI is InChI=1S/C14H14N4/c1-2-4-12-11(3-1)17-14(18-12)6-9-5-10(9)13-7-15-8-16-13/h1-4,7-10H,5-6H2,(H,15,16)(H,17,18)/t9-,10+/m0/s1. The number of hydrogen-bond donors (Lipinski definition) is 2. The number of benzene rings is 1. The molecule has 0 saturated heterocycles. The van der Waals surface area contributed by atoms with Crippen LogP contribution in [-0.2, 0) is 6.42 Å². The summed E-state index contributed by atoms with van der Waals surface area (Å²) in [5, 5.41) is 0. The molecule has 1 aliphatic carbocycles. The van der Waals surface area contributed by atoms with E-state index < -0.39 is 0 Å². The van der Waals surface area contributed by atoms with Crippen molar-refractivity contribution in [2.24, 2.45) is 5.92 Å². The summed E-state index contributed by atoms with van der Waals surface area (Å²) in [6, 6.07) is 8.19. The Hall–Kier alpha value is -2.10. The first kappa shape index (κ1) is 9.88. The van der Waals surface area contributed by atoms with Crippen LogP contribution in [0.1, 0.15) is 23.9 Å². The lowest BCUT2D eigenvalue weighted by Gasteiger charge is -1.95. The van der Waals surface area contributed by atoms with Crippen LogP contribution in [0.15, 0.2) is 36.8 Å². The van der Waals surface area contributed by atoms with Gasteiger partial charge in [-0.2, -0.15) is 0 Å². The van der Waals surface area contributed by atoms with Crippen LogP contribution in [0.2, 0.25) is 0 Å². The topological polar surface area (TPSA) is 57.4 Å². The van der Waals surface area contributed by atoms with Gasteiger partial charge in [-0.05, 0) is 24.5 Å². The summed E-state index contributed by atoms with van der Waals surface area (Å²) in [6.07, 6.45) is 5.95. The smallest absolute Gasteiger partial charge is 0.107 e. The molecule has 0 bridgehead atoms.